The van der Waals surface area contributed by atoms with Crippen molar-refractivity contribution in [3.8, 4) is 0 Å². The number of ether oxygens (including phenoxy) is 1. The second-order valence-corrected chi connectivity index (χ2v) is 12.6. The lowest BCUT2D eigenvalue weighted by molar-refractivity contribution is -0.148. The molecule has 43 heavy (non-hydrogen) atoms. The zero-order chi connectivity index (χ0) is 31.6. The largest absolute Gasteiger partial charge is 0.464 e. The first-order valence-corrected chi connectivity index (χ1v) is 18.5. The fourth-order valence-electron chi connectivity index (χ4n) is 5.54. The Bertz CT molecular complexity index is 652. The summed E-state index contributed by atoms with van der Waals surface area (Å²) in [6.07, 6.45) is 33.4. The molecule has 7 heteroatoms. The summed E-state index contributed by atoms with van der Waals surface area (Å²) in [5.41, 5.74) is 10.8. The highest BCUT2D eigenvalue weighted by Gasteiger charge is 2.21. The third-order valence-corrected chi connectivity index (χ3v) is 8.31. The van der Waals surface area contributed by atoms with Crippen molar-refractivity contribution < 1.29 is 14.3 Å². The molecule has 0 aromatic heterocycles. The topological polar surface area (TPSA) is 120 Å². The molecule has 0 unspecified atom stereocenters. The molecule has 5 N–H and O–H groups in total. The summed E-state index contributed by atoms with van der Waals surface area (Å²) in [4.78, 5) is 29.3. The molecule has 0 bridgehead atoms. The van der Waals surface area contributed by atoms with Gasteiger partial charge in [0, 0.05) is 13.0 Å². The zero-order valence-electron chi connectivity index (χ0n) is 28.6. The van der Waals surface area contributed by atoms with E-state index in [0.29, 0.717) is 32.4 Å². The molecule has 0 fully saturated rings. The van der Waals surface area contributed by atoms with Crippen LogP contribution in [0.1, 0.15) is 194 Å². The second kappa shape index (κ2) is 33.1. The van der Waals surface area contributed by atoms with Gasteiger partial charge >= 0.3 is 5.97 Å². The maximum Gasteiger partial charge on any atom is 0.328 e. The van der Waals surface area contributed by atoms with E-state index in [4.69, 9.17) is 16.2 Å². The van der Waals surface area contributed by atoms with Crippen LogP contribution in [0.2, 0.25) is 0 Å². The number of hydrogen-bond acceptors (Lipinski definition) is 4. The number of carbonyl (C=O) groups excluding carboxylic acids is 2. The van der Waals surface area contributed by atoms with E-state index in [1.807, 2.05) is 0 Å². The van der Waals surface area contributed by atoms with Gasteiger partial charge in [0.2, 0.25) is 5.91 Å². The van der Waals surface area contributed by atoms with E-state index in [0.717, 1.165) is 25.7 Å². The first kappa shape index (κ1) is 41.2. The van der Waals surface area contributed by atoms with Crippen LogP contribution in [0.15, 0.2) is 4.99 Å². The Balaban J connectivity index is 3.97. The van der Waals surface area contributed by atoms with E-state index in [-0.39, 0.29) is 17.8 Å². The summed E-state index contributed by atoms with van der Waals surface area (Å²) in [5.74, 6) is -0.378. The van der Waals surface area contributed by atoms with Gasteiger partial charge in [-0.15, -0.1) is 0 Å². The van der Waals surface area contributed by atoms with Crippen molar-refractivity contribution >= 4 is 17.8 Å². The fourth-order valence-corrected chi connectivity index (χ4v) is 5.54. The summed E-state index contributed by atoms with van der Waals surface area (Å²) < 4.78 is 5.56. The molecular formula is C36H72N4O3. The van der Waals surface area contributed by atoms with E-state index in [1.54, 1.807) is 0 Å². The number of nitrogens with two attached hydrogens (primary N) is 2. The summed E-state index contributed by atoms with van der Waals surface area (Å²) in [5, 5.41) is 2.91. The van der Waals surface area contributed by atoms with Crippen LogP contribution in [0.3, 0.4) is 0 Å². The van der Waals surface area contributed by atoms with Crippen molar-refractivity contribution in [2.24, 2.45) is 16.5 Å². The lowest BCUT2D eigenvalue weighted by Crippen LogP contribution is -2.42. The molecule has 0 radical (unpaired) electrons. The Hall–Kier alpha value is -1.79. The monoisotopic (exact) mass is 609 g/mol. The Morgan fingerprint density at radius 1 is 0.581 bits per heavy atom. The van der Waals surface area contributed by atoms with Gasteiger partial charge in [0.25, 0.3) is 0 Å². The van der Waals surface area contributed by atoms with Gasteiger partial charge in [0.15, 0.2) is 5.96 Å². The van der Waals surface area contributed by atoms with Crippen LogP contribution in [-0.4, -0.2) is 37.0 Å². The zero-order valence-corrected chi connectivity index (χ0v) is 28.6. The van der Waals surface area contributed by atoms with Crippen molar-refractivity contribution in [1.29, 1.82) is 0 Å². The van der Waals surface area contributed by atoms with Gasteiger partial charge in [-0.3, -0.25) is 9.79 Å². The number of esters is 1. The first-order valence-electron chi connectivity index (χ1n) is 18.5. The maximum atomic E-state index is 12.8. The predicted octanol–water partition coefficient (Wildman–Crippen LogP) is 9.25. The normalized spacial score (nSPS) is 11.8. The summed E-state index contributed by atoms with van der Waals surface area (Å²) >= 11 is 0. The van der Waals surface area contributed by atoms with Crippen molar-refractivity contribution in [2.75, 3.05) is 13.2 Å². The lowest BCUT2D eigenvalue weighted by Gasteiger charge is -2.17. The van der Waals surface area contributed by atoms with Gasteiger partial charge < -0.3 is 21.5 Å². The van der Waals surface area contributed by atoms with E-state index < -0.39 is 6.04 Å². The highest BCUT2D eigenvalue weighted by molar-refractivity contribution is 5.84. The average Bonchev–Trinajstić information content (AvgIpc) is 2.99. The van der Waals surface area contributed by atoms with Crippen molar-refractivity contribution in [1.82, 2.24) is 5.32 Å². The third-order valence-electron chi connectivity index (χ3n) is 8.31. The molecule has 0 aromatic rings. The Labute approximate surface area is 266 Å². The number of nitrogens with zero attached hydrogens (tertiary/aromatic N) is 1. The molecule has 0 heterocycles. The van der Waals surface area contributed by atoms with E-state index in [1.165, 1.54) is 135 Å². The number of amides is 1. The molecule has 254 valence electrons. The van der Waals surface area contributed by atoms with Crippen LogP contribution >= 0.6 is 0 Å². The molecule has 0 aliphatic heterocycles. The van der Waals surface area contributed by atoms with Gasteiger partial charge in [-0.05, 0) is 25.7 Å². The van der Waals surface area contributed by atoms with Gasteiger partial charge in [0.1, 0.15) is 6.04 Å². The summed E-state index contributed by atoms with van der Waals surface area (Å²) in [7, 11) is 0. The molecular weight excluding hydrogens is 536 g/mol. The maximum absolute atomic E-state index is 12.8. The number of guanidine groups is 1. The Morgan fingerprint density at radius 2 is 0.977 bits per heavy atom. The molecule has 0 saturated heterocycles. The van der Waals surface area contributed by atoms with Crippen molar-refractivity contribution in [3.05, 3.63) is 0 Å². The van der Waals surface area contributed by atoms with Crippen LogP contribution < -0.4 is 16.8 Å². The minimum atomic E-state index is -0.638. The van der Waals surface area contributed by atoms with Crippen molar-refractivity contribution in [2.45, 2.75) is 200 Å². The van der Waals surface area contributed by atoms with Crippen LogP contribution in [0.5, 0.6) is 0 Å². The van der Waals surface area contributed by atoms with Crippen LogP contribution in [-0.2, 0) is 14.3 Å². The molecule has 0 saturated carbocycles. The highest BCUT2D eigenvalue weighted by Crippen LogP contribution is 2.14. The third kappa shape index (κ3) is 31.4. The summed E-state index contributed by atoms with van der Waals surface area (Å²) in [6, 6.07) is -0.638. The SMILES string of the molecule is CCCCCCCCCCCCCCCCCCOC(=O)[C@H](CCCN=C(N)N)NC(=O)CCCCCCCCCCC. The number of carbonyl (C=O) groups is 2. The van der Waals surface area contributed by atoms with Crippen LogP contribution in [0.4, 0.5) is 0 Å². The number of hydrogen-bond donors (Lipinski definition) is 3. The van der Waals surface area contributed by atoms with E-state index in [9.17, 15) is 9.59 Å². The number of aliphatic imine (C=N–C) groups is 1. The fraction of sp³-hybridized carbons (Fsp3) is 0.917. The molecule has 1 atom stereocenters. The number of rotatable bonds is 33. The molecule has 0 aromatic carbocycles. The average molecular weight is 609 g/mol. The molecule has 0 spiro atoms. The summed E-state index contributed by atoms with van der Waals surface area (Å²) in [6.45, 7) is 5.36. The van der Waals surface area contributed by atoms with Gasteiger partial charge in [0.05, 0.1) is 6.61 Å². The molecule has 0 aliphatic carbocycles. The van der Waals surface area contributed by atoms with Crippen molar-refractivity contribution in [3.63, 3.8) is 0 Å². The second-order valence-electron chi connectivity index (χ2n) is 12.6. The Morgan fingerprint density at radius 3 is 1.40 bits per heavy atom. The smallest absolute Gasteiger partial charge is 0.328 e. The highest BCUT2D eigenvalue weighted by atomic mass is 16.5. The van der Waals surface area contributed by atoms with E-state index in [2.05, 4.69) is 24.2 Å². The molecule has 7 nitrogen and oxygen atoms in total. The lowest BCUT2D eigenvalue weighted by atomic mass is 10.0. The van der Waals surface area contributed by atoms with Gasteiger partial charge in [-0.1, -0.05) is 162 Å². The standard InChI is InChI=1S/C36H72N4O3/c1-3-5-7-9-11-13-14-15-16-17-18-19-21-23-25-27-32-43-35(42)33(29-28-31-39-36(37)38)40-34(41)30-26-24-22-20-12-10-8-6-4-2/h33H,3-32H2,1-2H3,(H,40,41)(H4,37,38,39)/t33-/m0/s1. The quantitative estimate of drug-likeness (QED) is 0.0297. The Kier molecular flexibility index (Phi) is 31.7. The minimum absolute atomic E-state index is 0.0389. The number of nitrogens with one attached hydrogen (secondary N) is 1. The van der Waals surface area contributed by atoms with Crippen LogP contribution in [0, 0.1) is 0 Å². The van der Waals surface area contributed by atoms with Gasteiger partial charge in [-0.2, -0.15) is 0 Å². The number of unbranched alkanes of at least 4 members (excludes halogenated alkanes) is 23. The molecule has 0 rings (SSSR count). The minimum Gasteiger partial charge on any atom is -0.464 e. The van der Waals surface area contributed by atoms with Gasteiger partial charge in [-0.25, -0.2) is 4.79 Å². The molecule has 1 amide bonds. The predicted molar refractivity (Wildman–Crippen MR) is 184 cm³/mol. The molecule has 0 aliphatic rings. The van der Waals surface area contributed by atoms with E-state index >= 15 is 0 Å². The first-order chi connectivity index (χ1) is 21.0. The van der Waals surface area contributed by atoms with Crippen LogP contribution in [0.25, 0.3) is 0 Å².